The Morgan fingerprint density at radius 1 is 1.06 bits per heavy atom. The van der Waals surface area contributed by atoms with Gasteiger partial charge in [0.05, 0.1) is 12.1 Å². The van der Waals surface area contributed by atoms with Crippen LogP contribution >= 0.6 is 0 Å². The molecule has 33 heavy (non-hydrogen) atoms. The van der Waals surface area contributed by atoms with E-state index in [4.69, 9.17) is 5.73 Å². The largest absolute Gasteiger partial charge is 0.336 e. The van der Waals surface area contributed by atoms with Gasteiger partial charge in [0.2, 0.25) is 5.91 Å². The third-order valence-electron chi connectivity index (χ3n) is 6.42. The van der Waals surface area contributed by atoms with Gasteiger partial charge in [0.15, 0.2) is 11.6 Å². The summed E-state index contributed by atoms with van der Waals surface area (Å²) in [5.41, 5.74) is 7.82. The third kappa shape index (κ3) is 4.98. The van der Waals surface area contributed by atoms with E-state index in [9.17, 15) is 22.8 Å². The van der Waals surface area contributed by atoms with E-state index < -0.39 is 23.5 Å². The van der Waals surface area contributed by atoms with Crippen LogP contribution in [0.2, 0.25) is 0 Å². The number of hydrogen-bond donors (Lipinski definition) is 2. The molecular weight excluding hydrogens is 433 g/mol. The normalized spacial score (nSPS) is 20.3. The van der Waals surface area contributed by atoms with Crippen molar-refractivity contribution in [2.45, 2.75) is 50.7 Å². The Morgan fingerprint density at radius 3 is 2.45 bits per heavy atom. The molecule has 176 valence electrons. The van der Waals surface area contributed by atoms with Gasteiger partial charge < -0.3 is 20.9 Å². The molecule has 9 heteroatoms. The minimum Gasteiger partial charge on any atom is -0.336 e. The van der Waals surface area contributed by atoms with Crippen molar-refractivity contribution >= 4 is 17.6 Å². The lowest BCUT2D eigenvalue weighted by Gasteiger charge is -2.34. The molecule has 0 radical (unpaired) electrons. The van der Waals surface area contributed by atoms with E-state index in [-0.39, 0.29) is 42.4 Å². The van der Waals surface area contributed by atoms with Crippen molar-refractivity contribution in [3.63, 3.8) is 0 Å². The van der Waals surface area contributed by atoms with Crippen LogP contribution in [0.3, 0.4) is 0 Å². The Morgan fingerprint density at radius 2 is 1.76 bits per heavy atom. The van der Waals surface area contributed by atoms with Crippen molar-refractivity contribution in [2.75, 3.05) is 18.4 Å². The van der Waals surface area contributed by atoms with E-state index in [1.807, 2.05) is 31.2 Å². The third-order valence-corrected chi connectivity index (χ3v) is 6.42. The lowest BCUT2D eigenvalue weighted by atomic mass is 10.0. The van der Waals surface area contributed by atoms with Crippen LogP contribution in [0.5, 0.6) is 0 Å². The van der Waals surface area contributed by atoms with Crippen molar-refractivity contribution in [3.05, 3.63) is 65.0 Å². The molecule has 2 aliphatic heterocycles. The van der Waals surface area contributed by atoms with Crippen LogP contribution in [0.1, 0.15) is 30.9 Å². The maximum absolute atomic E-state index is 13.9. The number of anilines is 1. The smallest absolute Gasteiger partial charge is 0.322 e. The number of carbonyl (C=O) groups is 2. The topological polar surface area (TPSA) is 78.7 Å². The first kappa shape index (κ1) is 23.1. The van der Waals surface area contributed by atoms with Gasteiger partial charge in [-0.2, -0.15) is 0 Å². The summed E-state index contributed by atoms with van der Waals surface area (Å²) in [6.45, 7) is 2.90. The minimum atomic E-state index is -1.26. The summed E-state index contributed by atoms with van der Waals surface area (Å²) in [6.07, 6.45) is 1.45. The van der Waals surface area contributed by atoms with Gasteiger partial charge in [-0.1, -0.05) is 19.1 Å². The fraction of sp³-hybridized carbons (Fsp3) is 0.417. The van der Waals surface area contributed by atoms with Gasteiger partial charge in [0, 0.05) is 37.3 Å². The Bertz CT molecular complexity index is 1060. The molecular formula is C24H27F3N4O2. The molecule has 2 heterocycles. The van der Waals surface area contributed by atoms with Gasteiger partial charge in [0.25, 0.3) is 0 Å². The van der Waals surface area contributed by atoms with E-state index >= 15 is 0 Å². The number of hydrogen-bond acceptors (Lipinski definition) is 3. The minimum absolute atomic E-state index is 0.0440. The summed E-state index contributed by atoms with van der Waals surface area (Å²) in [7, 11) is 0. The number of benzene rings is 2. The van der Waals surface area contributed by atoms with E-state index in [1.54, 1.807) is 9.80 Å². The zero-order chi connectivity index (χ0) is 23.7. The summed E-state index contributed by atoms with van der Waals surface area (Å²) in [5.74, 6) is -3.49. The molecule has 3 atom stereocenters. The van der Waals surface area contributed by atoms with E-state index in [0.29, 0.717) is 25.6 Å². The first-order valence-corrected chi connectivity index (χ1v) is 11.1. The van der Waals surface area contributed by atoms with E-state index in [1.165, 1.54) is 0 Å². The molecule has 0 spiro atoms. The number of likely N-dealkylation sites (tertiary alicyclic amines) is 2. The summed E-state index contributed by atoms with van der Waals surface area (Å²) in [5, 5.41) is 2.93. The quantitative estimate of drug-likeness (QED) is 0.649. The van der Waals surface area contributed by atoms with Gasteiger partial charge >= 0.3 is 6.03 Å². The van der Waals surface area contributed by atoms with Crippen LogP contribution in [-0.4, -0.2) is 53.0 Å². The molecule has 0 aliphatic carbocycles. The predicted molar refractivity (Wildman–Crippen MR) is 118 cm³/mol. The number of nitrogens with two attached hydrogens (primary N) is 1. The first-order chi connectivity index (χ1) is 15.7. The highest BCUT2D eigenvalue weighted by Crippen LogP contribution is 2.32. The van der Waals surface area contributed by atoms with Gasteiger partial charge in [-0.15, -0.1) is 0 Å². The number of nitrogens with one attached hydrogen (secondary N) is 1. The molecule has 3 N–H and O–H groups in total. The van der Waals surface area contributed by atoms with Crippen molar-refractivity contribution in [1.29, 1.82) is 0 Å². The molecule has 2 aromatic carbocycles. The maximum atomic E-state index is 13.9. The van der Waals surface area contributed by atoms with E-state index in [2.05, 4.69) is 5.32 Å². The molecule has 0 saturated carbocycles. The Kier molecular flexibility index (Phi) is 6.60. The highest BCUT2D eigenvalue weighted by Gasteiger charge is 2.47. The second kappa shape index (κ2) is 9.43. The van der Waals surface area contributed by atoms with Gasteiger partial charge in [-0.25, -0.2) is 18.0 Å². The zero-order valence-electron chi connectivity index (χ0n) is 18.4. The summed E-state index contributed by atoms with van der Waals surface area (Å²) in [6, 6.07) is 7.86. The van der Waals surface area contributed by atoms with Crippen LogP contribution in [0.25, 0.3) is 0 Å². The van der Waals surface area contributed by atoms with Gasteiger partial charge in [0.1, 0.15) is 5.82 Å². The molecule has 4 rings (SSSR count). The molecule has 3 amide bonds. The number of piperazine rings is 1. The Balaban J connectivity index is 1.30. The molecule has 2 bridgehead atoms. The lowest BCUT2D eigenvalue weighted by molar-refractivity contribution is -0.133. The molecule has 2 aromatic rings. The summed E-state index contributed by atoms with van der Waals surface area (Å²) < 4.78 is 40.4. The number of aryl methyl sites for hydroxylation is 1. The number of urea groups is 1. The molecule has 0 unspecified atom stereocenters. The fourth-order valence-corrected chi connectivity index (χ4v) is 4.70. The standard InChI is InChI=1S/C24H27F3N4O2/c1-2-14-4-3-5-17(6-14)29-24(33)31-13-18-10-19(31)12-30(18)23(32)9-16(28)7-15-8-21(26)22(27)11-20(15)25/h3-6,8,11,16,18-19H,2,7,9-10,12-13,28H2,1H3,(H,29,33)/t16-,18+,19-/m1/s1. The van der Waals surface area contributed by atoms with Crippen LogP contribution in [0.4, 0.5) is 23.7 Å². The SMILES string of the molecule is CCc1cccc(NC(=O)N2C[C@@H]3C[C@@H]2CN3C(=O)C[C@H](N)Cc2cc(F)c(F)cc2F)c1. The van der Waals surface area contributed by atoms with Crippen molar-refractivity contribution in [3.8, 4) is 0 Å². The number of amides is 3. The molecule has 2 fully saturated rings. The van der Waals surface area contributed by atoms with Crippen molar-refractivity contribution in [2.24, 2.45) is 5.73 Å². The van der Waals surface area contributed by atoms with Gasteiger partial charge in [-0.3, -0.25) is 4.79 Å². The highest BCUT2D eigenvalue weighted by atomic mass is 19.2. The number of rotatable bonds is 6. The van der Waals surface area contributed by atoms with Crippen molar-refractivity contribution < 1.29 is 22.8 Å². The lowest BCUT2D eigenvalue weighted by Crippen LogP contribution is -2.52. The monoisotopic (exact) mass is 460 g/mol. The van der Waals surface area contributed by atoms with Crippen LogP contribution in [0.15, 0.2) is 36.4 Å². The average molecular weight is 461 g/mol. The molecule has 6 nitrogen and oxygen atoms in total. The fourth-order valence-electron chi connectivity index (χ4n) is 4.70. The number of carbonyl (C=O) groups excluding carboxylic acids is 2. The zero-order valence-corrected chi connectivity index (χ0v) is 18.4. The Hall–Kier alpha value is -3.07. The van der Waals surface area contributed by atoms with Gasteiger partial charge in [-0.05, 0) is 48.6 Å². The first-order valence-electron chi connectivity index (χ1n) is 11.1. The Labute approximate surface area is 190 Å². The second-order valence-corrected chi connectivity index (χ2v) is 8.75. The van der Waals surface area contributed by atoms with Crippen LogP contribution in [-0.2, 0) is 17.6 Å². The van der Waals surface area contributed by atoms with Crippen LogP contribution < -0.4 is 11.1 Å². The highest BCUT2D eigenvalue weighted by molar-refractivity contribution is 5.90. The second-order valence-electron chi connectivity index (χ2n) is 8.75. The van der Waals surface area contributed by atoms with E-state index in [0.717, 1.165) is 23.7 Å². The number of fused-ring (bicyclic) bond motifs is 2. The van der Waals surface area contributed by atoms with Crippen molar-refractivity contribution in [1.82, 2.24) is 9.80 Å². The summed E-state index contributed by atoms with van der Waals surface area (Å²) >= 11 is 0. The number of nitrogens with zero attached hydrogens (tertiary/aromatic N) is 2. The molecule has 2 saturated heterocycles. The molecule has 0 aromatic heterocycles. The summed E-state index contributed by atoms with van der Waals surface area (Å²) in [4.78, 5) is 29.0. The van der Waals surface area contributed by atoms with Crippen LogP contribution in [0, 0.1) is 17.5 Å². The number of halogens is 3. The average Bonchev–Trinajstić information content (AvgIpc) is 3.39. The molecule has 2 aliphatic rings. The maximum Gasteiger partial charge on any atom is 0.322 e. The predicted octanol–water partition coefficient (Wildman–Crippen LogP) is 3.44.